The molecule has 1 heterocycles. The molecule has 2 rings (SSSR count). The maximum atomic E-state index is 5.74. The molecule has 2 aromatic rings. The average Bonchev–Trinajstić information content (AvgIpc) is 2.66. The van der Waals surface area contributed by atoms with E-state index in [0.29, 0.717) is 0 Å². The van der Waals surface area contributed by atoms with E-state index in [0.717, 1.165) is 10.2 Å². The molecule has 1 aromatic carbocycles. The van der Waals surface area contributed by atoms with Crippen LogP contribution in [0.5, 0.6) is 0 Å². The number of halogens is 1. The molecule has 0 aliphatic carbocycles. The molecule has 18 heavy (non-hydrogen) atoms. The van der Waals surface area contributed by atoms with Crippen molar-refractivity contribution >= 4 is 15.9 Å². The van der Waals surface area contributed by atoms with Gasteiger partial charge in [0.15, 0.2) is 0 Å². The van der Waals surface area contributed by atoms with Gasteiger partial charge in [0, 0.05) is 7.05 Å². The molecule has 5 heteroatoms. The number of benzene rings is 1. The van der Waals surface area contributed by atoms with Crippen molar-refractivity contribution in [3.8, 4) is 0 Å². The van der Waals surface area contributed by atoms with Gasteiger partial charge in [-0.2, -0.15) is 5.10 Å². The smallest absolute Gasteiger partial charge is 0.0892 e. The van der Waals surface area contributed by atoms with Crippen molar-refractivity contribution in [1.29, 1.82) is 0 Å². The topological polar surface area (TPSA) is 55.9 Å². The summed E-state index contributed by atoms with van der Waals surface area (Å²) in [5, 5.41) is 4.24. The lowest BCUT2D eigenvalue weighted by atomic mass is 9.97. The third-order valence-corrected chi connectivity index (χ3v) is 3.73. The largest absolute Gasteiger partial charge is 0.271 e. The zero-order valence-corrected chi connectivity index (χ0v) is 12.3. The minimum atomic E-state index is -0.0771. The Bertz CT molecular complexity index is 543. The standard InChI is InChI=1S/C13H17BrN4/c1-8-4-5-9(2)10(6-8)12(17-15)13-11(14)7-16-18(13)3/h4-7,12,17H,15H2,1-3H3. The first-order valence-electron chi connectivity index (χ1n) is 5.75. The van der Waals surface area contributed by atoms with Crippen LogP contribution in [-0.2, 0) is 7.05 Å². The molecule has 1 atom stereocenters. The molecule has 1 unspecified atom stereocenters. The SMILES string of the molecule is Cc1ccc(C)c(C(NN)c2c(Br)cnn2C)c1. The van der Waals surface area contributed by atoms with Gasteiger partial charge in [-0.15, -0.1) is 0 Å². The van der Waals surface area contributed by atoms with E-state index in [-0.39, 0.29) is 6.04 Å². The zero-order chi connectivity index (χ0) is 13.3. The van der Waals surface area contributed by atoms with Crippen LogP contribution in [0.25, 0.3) is 0 Å². The Kier molecular flexibility index (Phi) is 3.85. The molecule has 96 valence electrons. The fourth-order valence-electron chi connectivity index (χ4n) is 2.13. The maximum absolute atomic E-state index is 5.74. The van der Waals surface area contributed by atoms with E-state index >= 15 is 0 Å². The lowest BCUT2D eigenvalue weighted by Gasteiger charge is -2.20. The number of aryl methyl sites for hydroxylation is 3. The minimum Gasteiger partial charge on any atom is -0.271 e. The number of hydrogen-bond acceptors (Lipinski definition) is 3. The summed E-state index contributed by atoms with van der Waals surface area (Å²) in [6.07, 6.45) is 1.78. The van der Waals surface area contributed by atoms with Crippen molar-refractivity contribution in [3.63, 3.8) is 0 Å². The lowest BCUT2D eigenvalue weighted by Crippen LogP contribution is -2.31. The molecular weight excluding hydrogens is 292 g/mol. The van der Waals surface area contributed by atoms with E-state index < -0.39 is 0 Å². The molecule has 0 spiro atoms. The number of hydrogen-bond donors (Lipinski definition) is 2. The molecule has 0 saturated carbocycles. The summed E-state index contributed by atoms with van der Waals surface area (Å²) in [5.74, 6) is 5.74. The Morgan fingerprint density at radius 2 is 2.11 bits per heavy atom. The van der Waals surface area contributed by atoms with Crippen LogP contribution in [0.15, 0.2) is 28.9 Å². The molecule has 0 saturated heterocycles. The molecule has 0 radical (unpaired) electrons. The Hall–Kier alpha value is -1.17. The first-order chi connectivity index (χ1) is 8.54. The van der Waals surface area contributed by atoms with Gasteiger partial charge in [-0.05, 0) is 40.9 Å². The highest BCUT2D eigenvalue weighted by molar-refractivity contribution is 9.10. The van der Waals surface area contributed by atoms with Crippen LogP contribution in [0.1, 0.15) is 28.4 Å². The summed E-state index contributed by atoms with van der Waals surface area (Å²) in [6.45, 7) is 4.16. The monoisotopic (exact) mass is 308 g/mol. The maximum Gasteiger partial charge on any atom is 0.0892 e. The second-order valence-electron chi connectivity index (χ2n) is 4.46. The summed E-state index contributed by atoms with van der Waals surface area (Å²) >= 11 is 3.52. The second-order valence-corrected chi connectivity index (χ2v) is 5.32. The second kappa shape index (κ2) is 5.22. The number of nitrogens with two attached hydrogens (primary N) is 1. The van der Waals surface area contributed by atoms with Crippen molar-refractivity contribution < 1.29 is 0 Å². The summed E-state index contributed by atoms with van der Waals surface area (Å²) in [4.78, 5) is 0. The van der Waals surface area contributed by atoms with Gasteiger partial charge in [0.2, 0.25) is 0 Å². The zero-order valence-electron chi connectivity index (χ0n) is 10.7. The fraction of sp³-hybridized carbons (Fsp3) is 0.308. The van der Waals surface area contributed by atoms with Gasteiger partial charge >= 0.3 is 0 Å². The molecular formula is C13H17BrN4. The summed E-state index contributed by atoms with van der Waals surface area (Å²) < 4.78 is 2.78. The number of hydrazine groups is 1. The Balaban J connectivity index is 2.55. The van der Waals surface area contributed by atoms with Crippen molar-refractivity contribution in [1.82, 2.24) is 15.2 Å². The fourth-order valence-corrected chi connectivity index (χ4v) is 2.71. The molecule has 1 aromatic heterocycles. The number of nitrogens with zero attached hydrogens (tertiary/aromatic N) is 2. The van der Waals surface area contributed by atoms with Crippen LogP contribution in [0.2, 0.25) is 0 Å². The van der Waals surface area contributed by atoms with Crippen LogP contribution in [0, 0.1) is 13.8 Å². The lowest BCUT2D eigenvalue weighted by molar-refractivity contribution is 0.571. The molecule has 0 bridgehead atoms. The number of aromatic nitrogens is 2. The third kappa shape index (κ3) is 2.34. The Morgan fingerprint density at radius 1 is 1.39 bits per heavy atom. The highest BCUT2D eigenvalue weighted by Gasteiger charge is 2.21. The summed E-state index contributed by atoms with van der Waals surface area (Å²) in [5.41, 5.74) is 7.49. The van der Waals surface area contributed by atoms with Crippen molar-refractivity contribution in [2.45, 2.75) is 19.9 Å². The van der Waals surface area contributed by atoms with E-state index in [9.17, 15) is 0 Å². The normalized spacial score (nSPS) is 12.7. The first-order valence-corrected chi connectivity index (χ1v) is 6.54. The van der Waals surface area contributed by atoms with E-state index in [2.05, 4.69) is 58.5 Å². The van der Waals surface area contributed by atoms with Gasteiger partial charge in [0.25, 0.3) is 0 Å². The van der Waals surface area contributed by atoms with Crippen LogP contribution < -0.4 is 11.3 Å². The van der Waals surface area contributed by atoms with Crippen LogP contribution in [0.3, 0.4) is 0 Å². The number of nitrogens with one attached hydrogen (secondary N) is 1. The van der Waals surface area contributed by atoms with E-state index in [1.54, 1.807) is 6.20 Å². The van der Waals surface area contributed by atoms with E-state index in [1.165, 1.54) is 16.7 Å². The quantitative estimate of drug-likeness (QED) is 0.676. The van der Waals surface area contributed by atoms with Crippen LogP contribution in [0.4, 0.5) is 0 Å². The van der Waals surface area contributed by atoms with E-state index in [1.807, 2.05) is 11.7 Å². The van der Waals surface area contributed by atoms with Crippen molar-refractivity contribution in [2.24, 2.45) is 12.9 Å². The summed E-state index contributed by atoms with van der Waals surface area (Å²) in [6, 6.07) is 6.29. The molecule has 0 fully saturated rings. The molecule has 0 amide bonds. The predicted octanol–water partition coefficient (Wildman–Crippen LogP) is 2.35. The van der Waals surface area contributed by atoms with Crippen LogP contribution >= 0.6 is 15.9 Å². The molecule has 3 N–H and O–H groups in total. The molecule has 0 aliphatic heterocycles. The Labute approximate surface area is 115 Å². The van der Waals surface area contributed by atoms with Crippen molar-refractivity contribution in [3.05, 3.63) is 51.3 Å². The molecule has 0 aliphatic rings. The predicted molar refractivity (Wildman–Crippen MR) is 76.0 cm³/mol. The molecule has 4 nitrogen and oxygen atoms in total. The van der Waals surface area contributed by atoms with Gasteiger partial charge in [0.05, 0.1) is 22.4 Å². The number of rotatable bonds is 3. The van der Waals surface area contributed by atoms with Gasteiger partial charge in [-0.25, -0.2) is 5.43 Å². The summed E-state index contributed by atoms with van der Waals surface area (Å²) in [7, 11) is 1.91. The van der Waals surface area contributed by atoms with Crippen LogP contribution in [-0.4, -0.2) is 9.78 Å². The highest BCUT2D eigenvalue weighted by Crippen LogP contribution is 2.29. The highest BCUT2D eigenvalue weighted by atomic mass is 79.9. The first kappa shape index (κ1) is 13.3. The van der Waals surface area contributed by atoms with Gasteiger partial charge < -0.3 is 0 Å². The van der Waals surface area contributed by atoms with Crippen molar-refractivity contribution in [2.75, 3.05) is 0 Å². The van der Waals surface area contributed by atoms with E-state index in [4.69, 9.17) is 5.84 Å². The third-order valence-electron chi connectivity index (χ3n) is 3.12. The minimum absolute atomic E-state index is 0.0771. The average molecular weight is 309 g/mol. The van der Waals surface area contributed by atoms with Gasteiger partial charge in [-0.1, -0.05) is 23.8 Å². The van der Waals surface area contributed by atoms with Gasteiger partial charge in [0.1, 0.15) is 0 Å². The van der Waals surface area contributed by atoms with Gasteiger partial charge in [-0.3, -0.25) is 10.5 Å². The Morgan fingerprint density at radius 3 is 2.67 bits per heavy atom.